The smallest absolute Gasteiger partial charge is 0.335 e. The van der Waals surface area contributed by atoms with E-state index in [1.807, 2.05) is 0 Å². The van der Waals surface area contributed by atoms with E-state index >= 15 is 0 Å². The van der Waals surface area contributed by atoms with Gasteiger partial charge in [-0.3, -0.25) is 9.35 Å². The summed E-state index contributed by atoms with van der Waals surface area (Å²) in [7, 11) is -4.88. The first-order chi connectivity index (χ1) is 9.25. The maximum absolute atomic E-state index is 12.0. The maximum atomic E-state index is 12.0. The normalized spacial score (nSPS) is 13.9. The van der Waals surface area contributed by atoms with Crippen molar-refractivity contribution in [3.63, 3.8) is 0 Å². The molecule has 0 fully saturated rings. The minimum absolute atomic E-state index is 0. The average Bonchev–Trinajstić information content (AvgIpc) is 2.34. The van der Waals surface area contributed by atoms with Crippen LogP contribution in [0.4, 0.5) is 0 Å². The summed E-state index contributed by atoms with van der Waals surface area (Å²) in [5.41, 5.74) is 0. The molecule has 0 aromatic carbocycles. The Morgan fingerprint density at radius 3 is 2.29 bits per heavy atom. The first-order valence-electron chi connectivity index (χ1n) is 5.84. The second-order valence-electron chi connectivity index (χ2n) is 3.93. The van der Waals surface area contributed by atoms with Gasteiger partial charge in [0.2, 0.25) is 4.75 Å². The van der Waals surface area contributed by atoms with Crippen molar-refractivity contribution in [1.29, 1.82) is 0 Å². The molecule has 1 N–H and O–H groups in total. The number of allylic oxidation sites excluding steroid dienone is 1. The second-order valence-corrected chi connectivity index (χ2v) is 5.66. The van der Waals surface area contributed by atoms with Crippen molar-refractivity contribution in [3.05, 3.63) is 25.2 Å². The molecule has 0 aliphatic rings. The third-order valence-corrected chi connectivity index (χ3v) is 3.98. The molecule has 21 heavy (non-hydrogen) atoms. The van der Waals surface area contributed by atoms with Gasteiger partial charge in [0, 0.05) is 51.4 Å². The fraction of sp³-hybridized carbons (Fsp3) is 0.500. The van der Waals surface area contributed by atoms with Gasteiger partial charge in [-0.25, -0.2) is 4.79 Å². The van der Waals surface area contributed by atoms with E-state index in [1.54, 1.807) is 13.8 Å². The van der Waals surface area contributed by atoms with E-state index in [0.29, 0.717) is 0 Å². The molecule has 0 saturated heterocycles. The van der Waals surface area contributed by atoms with E-state index < -0.39 is 33.2 Å². The van der Waals surface area contributed by atoms with Crippen LogP contribution in [-0.4, -0.2) is 81.0 Å². The van der Waals surface area contributed by atoms with Crippen molar-refractivity contribution in [2.24, 2.45) is 0 Å². The average molecular weight is 345 g/mol. The van der Waals surface area contributed by atoms with Crippen molar-refractivity contribution < 1.29 is 32.0 Å². The molecule has 0 saturated carbocycles. The van der Waals surface area contributed by atoms with Gasteiger partial charge < -0.3 is 9.47 Å². The van der Waals surface area contributed by atoms with Gasteiger partial charge in [0.05, 0.1) is 18.9 Å². The fourth-order valence-corrected chi connectivity index (χ4v) is 2.62. The Balaban J connectivity index is 0. The molecule has 0 rings (SSSR count). The number of carbonyl (C=O) groups is 2. The van der Waals surface area contributed by atoms with Gasteiger partial charge in [-0.1, -0.05) is 26.0 Å². The van der Waals surface area contributed by atoms with Crippen molar-refractivity contribution >= 4 is 73.4 Å². The molecular weight excluding hydrogens is 327 g/mol. The molecule has 0 aromatic rings. The van der Waals surface area contributed by atoms with Gasteiger partial charge in [-0.15, -0.1) is 0 Å². The van der Waals surface area contributed by atoms with E-state index in [9.17, 15) is 22.6 Å². The van der Waals surface area contributed by atoms with Crippen LogP contribution in [-0.2, 0) is 29.2 Å². The number of rotatable bonds is 8. The van der Waals surface area contributed by atoms with Gasteiger partial charge >= 0.3 is 11.9 Å². The topological polar surface area (TPSA) is 107 Å². The summed E-state index contributed by atoms with van der Waals surface area (Å²) in [6.45, 7) is 6.30. The van der Waals surface area contributed by atoms with Crippen LogP contribution in [0.3, 0.4) is 0 Å². The monoisotopic (exact) mass is 345 g/mol. The zero-order valence-corrected chi connectivity index (χ0v) is 16.3. The fourth-order valence-electron chi connectivity index (χ4n) is 1.60. The van der Waals surface area contributed by atoms with Gasteiger partial charge in [0.25, 0.3) is 10.1 Å². The van der Waals surface area contributed by atoms with E-state index in [-0.39, 0.29) is 64.2 Å². The van der Waals surface area contributed by atoms with Crippen LogP contribution in [0.2, 0.25) is 0 Å². The third kappa shape index (κ3) is 6.72. The summed E-state index contributed by atoms with van der Waals surface area (Å²) in [6.07, 6.45) is 2.22. The summed E-state index contributed by atoms with van der Waals surface area (Å²) >= 11 is 0. The van der Waals surface area contributed by atoms with Crippen LogP contribution in [0.1, 0.15) is 33.1 Å². The standard InChI is InChI=1S/C12H18O7S.K/c1-4-7-12(20(15,16)17,9-10(13)18-6-3)11(14)19-8-5-2;/h5-6,8H,3-4,7,9H2,1-2H3,(H,15,16,17);. The van der Waals surface area contributed by atoms with Crippen molar-refractivity contribution in [2.45, 2.75) is 37.9 Å². The molecule has 0 aliphatic heterocycles. The first-order valence-corrected chi connectivity index (χ1v) is 7.28. The molecule has 7 nitrogen and oxygen atoms in total. The third-order valence-electron chi connectivity index (χ3n) is 2.48. The van der Waals surface area contributed by atoms with Gasteiger partial charge in [-0.2, -0.15) is 8.42 Å². The minimum Gasteiger partial charge on any atom is -0.435 e. The number of hydrogen-bond acceptors (Lipinski definition) is 6. The number of carbonyl (C=O) groups excluding carboxylic acids is 2. The number of esters is 2. The Kier molecular flexibility index (Phi) is 11.8. The quantitative estimate of drug-likeness (QED) is 0.305. The van der Waals surface area contributed by atoms with Crippen molar-refractivity contribution in [2.75, 3.05) is 0 Å². The number of hydrogen-bond donors (Lipinski definition) is 1. The molecular formula is C12H18KO7S. The molecule has 0 amide bonds. The molecule has 1 radical (unpaired) electrons. The molecule has 1 unspecified atom stereocenters. The summed E-state index contributed by atoms with van der Waals surface area (Å²) in [4.78, 5) is 23.4. The van der Waals surface area contributed by atoms with Crippen molar-refractivity contribution in [1.82, 2.24) is 0 Å². The predicted octanol–water partition coefficient (Wildman–Crippen LogP) is 1.19. The summed E-state index contributed by atoms with van der Waals surface area (Å²) in [5, 5.41) is 0. The van der Waals surface area contributed by atoms with Gasteiger partial charge in [-0.05, 0) is 13.3 Å². The Morgan fingerprint density at radius 2 is 1.90 bits per heavy atom. The van der Waals surface area contributed by atoms with Crippen LogP contribution in [0.25, 0.3) is 0 Å². The van der Waals surface area contributed by atoms with Gasteiger partial charge in [0.1, 0.15) is 0 Å². The minimum atomic E-state index is -4.88. The molecule has 115 valence electrons. The van der Waals surface area contributed by atoms with Crippen LogP contribution in [0.15, 0.2) is 25.2 Å². The van der Waals surface area contributed by atoms with E-state index in [4.69, 9.17) is 0 Å². The van der Waals surface area contributed by atoms with Crippen LogP contribution in [0.5, 0.6) is 0 Å². The molecule has 0 spiro atoms. The Labute approximate surface area is 166 Å². The van der Waals surface area contributed by atoms with Gasteiger partial charge in [0.15, 0.2) is 0 Å². The first kappa shape index (κ1) is 23.2. The SMILES string of the molecule is C=COC(=O)CC(CCC)(C(=O)OC=CC)S(=O)(=O)O.[K]. The van der Waals surface area contributed by atoms with Crippen LogP contribution < -0.4 is 0 Å². The summed E-state index contributed by atoms with van der Waals surface area (Å²) < 4.78 is 39.2. The number of ether oxygens (including phenoxy) is 2. The summed E-state index contributed by atoms with van der Waals surface area (Å²) in [5.74, 6) is -2.25. The molecule has 1 atom stereocenters. The van der Waals surface area contributed by atoms with E-state index in [1.165, 1.54) is 6.08 Å². The largest absolute Gasteiger partial charge is 0.435 e. The van der Waals surface area contributed by atoms with Crippen LogP contribution in [0, 0.1) is 0 Å². The maximum Gasteiger partial charge on any atom is 0.335 e. The second kappa shape index (κ2) is 10.7. The Bertz CT molecular complexity index is 498. The Morgan fingerprint density at radius 1 is 1.33 bits per heavy atom. The summed E-state index contributed by atoms with van der Waals surface area (Å²) in [6, 6.07) is 0. The molecule has 0 bridgehead atoms. The molecule has 0 aromatic heterocycles. The zero-order valence-electron chi connectivity index (χ0n) is 12.4. The van der Waals surface area contributed by atoms with Crippen molar-refractivity contribution in [3.8, 4) is 0 Å². The zero-order chi connectivity index (χ0) is 15.8. The van der Waals surface area contributed by atoms with Crippen LogP contribution >= 0.6 is 0 Å². The van der Waals surface area contributed by atoms with E-state index in [2.05, 4.69) is 16.1 Å². The molecule has 0 aliphatic carbocycles. The molecule has 0 heterocycles. The Hall–Kier alpha value is -0.0336. The molecule has 9 heteroatoms. The van der Waals surface area contributed by atoms with E-state index in [0.717, 1.165) is 12.5 Å². The predicted molar refractivity (Wildman–Crippen MR) is 76.8 cm³/mol.